The van der Waals surface area contributed by atoms with E-state index in [2.05, 4.69) is 11.8 Å². The number of halogens is 1. The zero-order valence-electron chi connectivity index (χ0n) is 13.1. The zero-order chi connectivity index (χ0) is 15.5. The quantitative estimate of drug-likeness (QED) is 0.844. The minimum atomic E-state index is -3.14. The molecular formula is C15H25ClN2O3S. The summed E-state index contributed by atoms with van der Waals surface area (Å²) in [6.07, 6.45) is 2.33. The molecule has 1 atom stereocenters. The van der Waals surface area contributed by atoms with Gasteiger partial charge in [-0.2, -0.15) is 0 Å². The summed E-state index contributed by atoms with van der Waals surface area (Å²) in [5, 5.41) is 0. The molecule has 0 radical (unpaired) electrons. The number of rotatable bonds is 6. The van der Waals surface area contributed by atoms with Crippen molar-refractivity contribution in [2.75, 3.05) is 39.0 Å². The number of sulfone groups is 1. The van der Waals surface area contributed by atoms with Crippen LogP contribution in [0.3, 0.4) is 0 Å². The minimum absolute atomic E-state index is 0. The van der Waals surface area contributed by atoms with E-state index < -0.39 is 9.84 Å². The van der Waals surface area contributed by atoms with Crippen molar-refractivity contribution in [3.05, 3.63) is 24.3 Å². The van der Waals surface area contributed by atoms with Crippen molar-refractivity contribution in [1.82, 2.24) is 4.90 Å². The van der Waals surface area contributed by atoms with E-state index >= 15 is 0 Å². The first kappa shape index (κ1) is 19.2. The highest BCUT2D eigenvalue weighted by Gasteiger charge is 2.31. The number of likely N-dealkylation sites (tertiary alicyclic amines) is 1. The van der Waals surface area contributed by atoms with Gasteiger partial charge in [-0.25, -0.2) is 8.42 Å². The molecule has 2 N–H and O–H groups in total. The molecule has 5 nitrogen and oxygen atoms in total. The fourth-order valence-electron chi connectivity index (χ4n) is 2.56. The van der Waals surface area contributed by atoms with Crippen LogP contribution in [0.5, 0.6) is 5.75 Å². The third-order valence-corrected chi connectivity index (χ3v) is 5.19. The maximum Gasteiger partial charge on any atom is 0.175 e. The molecule has 0 saturated carbocycles. The number of nitrogens with two attached hydrogens (primary N) is 1. The molecule has 7 heteroatoms. The van der Waals surface area contributed by atoms with Crippen LogP contribution in [0.15, 0.2) is 29.2 Å². The van der Waals surface area contributed by atoms with E-state index in [1.807, 2.05) is 0 Å². The van der Waals surface area contributed by atoms with Gasteiger partial charge in [0.15, 0.2) is 9.84 Å². The SMILES string of the molecule is CC1(CN)CCN(CCOc2ccc(S(C)(=O)=O)cc2)C1.Cl. The minimum Gasteiger partial charge on any atom is -0.492 e. The third-order valence-electron chi connectivity index (χ3n) is 4.06. The molecule has 1 aliphatic rings. The molecule has 0 spiro atoms. The summed E-state index contributed by atoms with van der Waals surface area (Å²) in [7, 11) is -3.14. The topological polar surface area (TPSA) is 72.6 Å². The van der Waals surface area contributed by atoms with Crippen LogP contribution in [0, 0.1) is 5.41 Å². The van der Waals surface area contributed by atoms with Crippen LogP contribution in [0.1, 0.15) is 13.3 Å². The van der Waals surface area contributed by atoms with Gasteiger partial charge >= 0.3 is 0 Å². The van der Waals surface area contributed by atoms with Gasteiger partial charge in [-0.3, -0.25) is 4.90 Å². The highest BCUT2D eigenvalue weighted by atomic mass is 35.5. The molecule has 22 heavy (non-hydrogen) atoms. The van der Waals surface area contributed by atoms with Gasteiger partial charge in [-0.05, 0) is 49.2 Å². The van der Waals surface area contributed by atoms with Gasteiger partial charge in [0, 0.05) is 19.3 Å². The monoisotopic (exact) mass is 348 g/mol. The molecule has 0 aromatic heterocycles. The third kappa shape index (κ3) is 5.12. The van der Waals surface area contributed by atoms with Gasteiger partial charge in [0.2, 0.25) is 0 Å². The summed E-state index contributed by atoms with van der Waals surface area (Å²) in [6, 6.07) is 6.55. The standard InChI is InChI=1S/C15H24N2O3S.ClH/c1-15(11-16)7-8-17(12-15)9-10-20-13-3-5-14(6-4-13)21(2,18)19;/h3-6H,7-12,16H2,1-2H3;1H. The van der Waals surface area contributed by atoms with Crippen molar-refractivity contribution in [2.24, 2.45) is 11.1 Å². The van der Waals surface area contributed by atoms with Crippen molar-refractivity contribution >= 4 is 22.2 Å². The average Bonchev–Trinajstić information content (AvgIpc) is 2.81. The Morgan fingerprint density at radius 2 is 1.95 bits per heavy atom. The molecule has 1 aromatic rings. The highest BCUT2D eigenvalue weighted by Crippen LogP contribution is 2.28. The van der Waals surface area contributed by atoms with Crippen LogP contribution in [0.25, 0.3) is 0 Å². The molecule has 1 unspecified atom stereocenters. The fourth-order valence-corrected chi connectivity index (χ4v) is 3.19. The molecule has 2 rings (SSSR count). The Hall–Kier alpha value is -0.820. The lowest BCUT2D eigenvalue weighted by atomic mass is 9.90. The van der Waals surface area contributed by atoms with E-state index in [0.29, 0.717) is 17.3 Å². The first-order valence-electron chi connectivity index (χ1n) is 7.18. The molecule has 0 bridgehead atoms. The van der Waals surface area contributed by atoms with Gasteiger partial charge in [0.1, 0.15) is 12.4 Å². The van der Waals surface area contributed by atoms with Crippen LogP contribution in [0.4, 0.5) is 0 Å². The second-order valence-corrected chi connectivity index (χ2v) is 8.15. The summed E-state index contributed by atoms with van der Waals surface area (Å²) < 4.78 is 28.4. The lowest BCUT2D eigenvalue weighted by Crippen LogP contribution is -2.33. The summed E-state index contributed by atoms with van der Waals surface area (Å²) in [6.45, 7) is 6.47. The van der Waals surface area contributed by atoms with E-state index in [0.717, 1.165) is 32.6 Å². The molecular weight excluding hydrogens is 324 g/mol. The lowest BCUT2D eigenvalue weighted by molar-refractivity contribution is 0.219. The first-order chi connectivity index (χ1) is 9.82. The second kappa shape index (κ2) is 7.64. The van der Waals surface area contributed by atoms with E-state index in [4.69, 9.17) is 10.5 Å². The lowest BCUT2D eigenvalue weighted by Gasteiger charge is -2.22. The van der Waals surface area contributed by atoms with Gasteiger partial charge in [0.05, 0.1) is 4.90 Å². The van der Waals surface area contributed by atoms with Crippen LogP contribution in [-0.4, -0.2) is 52.4 Å². The van der Waals surface area contributed by atoms with Crippen LogP contribution in [0.2, 0.25) is 0 Å². The maximum absolute atomic E-state index is 11.4. The number of hydrogen-bond donors (Lipinski definition) is 1. The molecule has 0 amide bonds. The Bertz CT molecular complexity index is 577. The Balaban J connectivity index is 0.00000242. The van der Waals surface area contributed by atoms with Gasteiger partial charge in [-0.1, -0.05) is 6.92 Å². The van der Waals surface area contributed by atoms with Crippen LogP contribution < -0.4 is 10.5 Å². The Morgan fingerprint density at radius 3 is 2.45 bits per heavy atom. The molecule has 126 valence electrons. The molecule has 1 aromatic carbocycles. The summed E-state index contributed by atoms with van der Waals surface area (Å²) >= 11 is 0. The first-order valence-corrected chi connectivity index (χ1v) is 9.07. The fraction of sp³-hybridized carbons (Fsp3) is 0.600. The van der Waals surface area contributed by atoms with Crippen molar-refractivity contribution < 1.29 is 13.2 Å². The predicted octanol–water partition coefficient (Wildman–Crippen LogP) is 1.56. The second-order valence-electron chi connectivity index (χ2n) is 6.13. The van der Waals surface area contributed by atoms with Gasteiger partial charge in [-0.15, -0.1) is 12.4 Å². The largest absolute Gasteiger partial charge is 0.492 e. The number of benzene rings is 1. The van der Waals surface area contributed by atoms with Crippen LogP contribution in [-0.2, 0) is 9.84 Å². The molecule has 1 fully saturated rings. The maximum atomic E-state index is 11.4. The van der Waals surface area contributed by atoms with E-state index in [1.165, 1.54) is 6.26 Å². The van der Waals surface area contributed by atoms with E-state index in [1.54, 1.807) is 24.3 Å². The Morgan fingerprint density at radius 1 is 1.32 bits per heavy atom. The van der Waals surface area contributed by atoms with Crippen LogP contribution >= 0.6 is 12.4 Å². The van der Waals surface area contributed by atoms with Crippen molar-refractivity contribution in [2.45, 2.75) is 18.2 Å². The highest BCUT2D eigenvalue weighted by molar-refractivity contribution is 7.90. The number of ether oxygens (including phenoxy) is 1. The summed E-state index contributed by atoms with van der Waals surface area (Å²) in [5.41, 5.74) is 6.03. The normalized spacial score (nSPS) is 22.3. The number of hydrogen-bond acceptors (Lipinski definition) is 5. The number of nitrogens with zero attached hydrogens (tertiary/aromatic N) is 1. The molecule has 0 aliphatic carbocycles. The van der Waals surface area contributed by atoms with Crippen molar-refractivity contribution in [3.8, 4) is 5.75 Å². The van der Waals surface area contributed by atoms with Crippen molar-refractivity contribution in [1.29, 1.82) is 0 Å². The summed E-state index contributed by atoms with van der Waals surface area (Å²) in [5.74, 6) is 0.697. The molecule has 1 saturated heterocycles. The average molecular weight is 349 g/mol. The van der Waals surface area contributed by atoms with E-state index in [9.17, 15) is 8.42 Å². The summed E-state index contributed by atoms with van der Waals surface area (Å²) in [4.78, 5) is 2.67. The molecule has 1 aliphatic heterocycles. The zero-order valence-corrected chi connectivity index (χ0v) is 14.8. The van der Waals surface area contributed by atoms with E-state index in [-0.39, 0.29) is 17.8 Å². The smallest absolute Gasteiger partial charge is 0.175 e. The Labute approximate surface area is 139 Å². The Kier molecular flexibility index (Phi) is 6.67. The molecule has 1 heterocycles. The van der Waals surface area contributed by atoms with Crippen molar-refractivity contribution in [3.63, 3.8) is 0 Å². The van der Waals surface area contributed by atoms with Gasteiger partial charge in [0.25, 0.3) is 0 Å². The predicted molar refractivity (Wildman–Crippen MR) is 90.5 cm³/mol. The van der Waals surface area contributed by atoms with Gasteiger partial charge < -0.3 is 10.5 Å².